The molecule has 0 unspecified atom stereocenters. The maximum atomic E-state index is 4.55. The molecule has 1 aromatic carbocycles. The maximum absolute atomic E-state index is 4.55. The van der Waals surface area contributed by atoms with Gasteiger partial charge in [-0.15, -0.1) is 10.2 Å². The van der Waals surface area contributed by atoms with Crippen LogP contribution in [0.15, 0.2) is 42.7 Å². The number of likely N-dealkylation sites (tertiary alicyclic amines) is 1. The SMILES string of the molecule is Cc1nccn1Cc1nnc([C@@H]2CCCN(CCc3ccccc3)C2)n1C. The highest BCUT2D eigenvalue weighted by Crippen LogP contribution is 2.26. The van der Waals surface area contributed by atoms with Gasteiger partial charge in [0.25, 0.3) is 0 Å². The number of hydrogen-bond donors (Lipinski definition) is 0. The van der Waals surface area contributed by atoms with E-state index in [-0.39, 0.29) is 0 Å². The maximum Gasteiger partial charge on any atom is 0.152 e. The Morgan fingerprint density at radius 3 is 2.78 bits per heavy atom. The van der Waals surface area contributed by atoms with Crippen molar-refractivity contribution >= 4 is 0 Å². The van der Waals surface area contributed by atoms with E-state index in [1.54, 1.807) is 0 Å². The summed E-state index contributed by atoms with van der Waals surface area (Å²) in [5.74, 6) is 3.58. The van der Waals surface area contributed by atoms with Crippen molar-refractivity contribution in [3.05, 3.63) is 65.8 Å². The van der Waals surface area contributed by atoms with Crippen LogP contribution in [0.4, 0.5) is 0 Å². The van der Waals surface area contributed by atoms with E-state index in [0.29, 0.717) is 5.92 Å². The molecule has 0 bridgehead atoms. The number of piperidine rings is 1. The molecular weight excluding hydrogens is 336 g/mol. The van der Waals surface area contributed by atoms with Crippen LogP contribution in [0, 0.1) is 6.92 Å². The Balaban J connectivity index is 1.40. The first-order valence-electron chi connectivity index (χ1n) is 9.83. The zero-order valence-corrected chi connectivity index (χ0v) is 16.3. The Morgan fingerprint density at radius 2 is 2.00 bits per heavy atom. The van der Waals surface area contributed by atoms with Gasteiger partial charge in [-0.25, -0.2) is 4.98 Å². The van der Waals surface area contributed by atoms with Gasteiger partial charge in [0.2, 0.25) is 0 Å². The number of hydrogen-bond acceptors (Lipinski definition) is 4. The van der Waals surface area contributed by atoms with Crippen LogP contribution < -0.4 is 0 Å². The van der Waals surface area contributed by atoms with Gasteiger partial charge in [-0.1, -0.05) is 30.3 Å². The molecule has 1 saturated heterocycles. The second-order valence-corrected chi connectivity index (χ2v) is 7.51. The second kappa shape index (κ2) is 8.05. The highest BCUT2D eigenvalue weighted by molar-refractivity contribution is 5.15. The number of rotatable bonds is 6. The van der Waals surface area contributed by atoms with E-state index in [2.05, 4.69) is 66.6 Å². The zero-order chi connectivity index (χ0) is 18.6. The Hall–Kier alpha value is -2.47. The van der Waals surface area contributed by atoms with Crippen molar-refractivity contribution in [1.29, 1.82) is 0 Å². The lowest BCUT2D eigenvalue weighted by Crippen LogP contribution is -2.36. The quantitative estimate of drug-likeness (QED) is 0.675. The predicted molar refractivity (Wildman–Crippen MR) is 106 cm³/mol. The summed E-state index contributed by atoms with van der Waals surface area (Å²) in [7, 11) is 2.10. The lowest BCUT2D eigenvalue weighted by Gasteiger charge is -2.32. The van der Waals surface area contributed by atoms with Crippen LogP contribution >= 0.6 is 0 Å². The van der Waals surface area contributed by atoms with Crippen molar-refractivity contribution in [1.82, 2.24) is 29.2 Å². The Morgan fingerprint density at radius 1 is 1.15 bits per heavy atom. The zero-order valence-electron chi connectivity index (χ0n) is 16.3. The highest BCUT2D eigenvalue weighted by Gasteiger charge is 2.25. The van der Waals surface area contributed by atoms with Gasteiger partial charge in [-0.05, 0) is 38.3 Å². The molecule has 0 amide bonds. The van der Waals surface area contributed by atoms with E-state index in [4.69, 9.17) is 0 Å². The molecule has 1 aliphatic heterocycles. The van der Waals surface area contributed by atoms with Crippen LogP contribution in [-0.2, 0) is 20.0 Å². The molecule has 0 spiro atoms. The third kappa shape index (κ3) is 4.11. The Labute approximate surface area is 160 Å². The first-order chi connectivity index (χ1) is 13.2. The highest BCUT2D eigenvalue weighted by atomic mass is 15.3. The fraction of sp³-hybridized carbons (Fsp3) is 0.476. The number of aryl methyl sites for hydroxylation is 1. The van der Waals surface area contributed by atoms with Crippen LogP contribution in [0.25, 0.3) is 0 Å². The molecule has 0 aliphatic carbocycles. The van der Waals surface area contributed by atoms with Gasteiger partial charge in [0.1, 0.15) is 11.6 Å². The van der Waals surface area contributed by atoms with Crippen LogP contribution in [0.3, 0.4) is 0 Å². The fourth-order valence-electron chi connectivity index (χ4n) is 3.99. The van der Waals surface area contributed by atoms with Gasteiger partial charge in [-0.3, -0.25) is 0 Å². The summed E-state index contributed by atoms with van der Waals surface area (Å²) >= 11 is 0. The molecule has 1 atom stereocenters. The number of benzene rings is 1. The minimum Gasteiger partial charge on any atom is -0.328 e. The molecular formula is C21H28N6. The standard InChI is InChI=1S/C21H28N6/c1-17-22-11-14-27(17)16-20-23-24-21(25(20)2)19-9-6-12-26(15-19)13-10-18-7-4-3-5-8-18/h3-5,7-8,11,14,19H,6,9-10,12-13,15-16H2,1-2H3/t19-/m1/s1. The van der Waals surface area contributed by atoms with Crippen molar-refractivity contribution in [2.75, 3.05) is 19.6 Å². The molecule has 4 rings (SSSR count). The molecule has 1 aliphatic rings. The van der Waals surface area contributed by atoms with E-state index < -0.39 is 0 Å². The summed E-state index contributed by atoms with van der Waals surface area (Å²) < 4.78 is 4.30. The second-order valence-electron chi connectivity index (χ2n) is 7.51. The van der Waals surface area contributed by atoms with Gasteiger partial charge < -0.3 is 14.0 Å². The van der Waals surface area contributed by atoms with E-state index in [0.717, 1.165) is 43.5 Å². The summed E-state index contributed by atoms with van der Waals surface area (Å²) in [6.07, 6.45) is 7.35. The van der Waals surface area contributed by atoms with Crippen molar-refractivity contribution < 1.29 is 0 Å². The topological polar surface area (TPSA) is 51.8 Å². The van der Waals surface area contributed by atoms with Crippen LogP contribution in [0.5, 0.6) is 0 Å². The summed E-state index contributed by atoms with van der Waals surface area (Å²) in [5.41, 5.74) is 1.41. The molecule has 1 fully saturated rings. The molecule has 3 heterocycles. The minimum atomic E-state index is 0.463. The van der Waals surface area contributed by atoms with Crippen LogP contribution in [-0.4, -0.2) is 48.8 Å². The van der Waals surface area contributed by atoms with Crippen LogP contribution in [0.2, 0.25) is 0 Å². The average Bonchev–Trinajstić information content (AvgIpc) is 3.27. The number of imidazole rings is 1. The van der Waals surface area contributed by atoms with Crippen LogP contribution in [0.1, 0.15) is 41.8 Å². The Kier molecular flexibility index (Phi) is 5.34. The summed E-state index contributed by atoms with van der Waals surface area (Å²) in [4.78, 5) is 6.87. The molecule has 6 nitrogen and oxygen atoms in total. The summed E-state index contributed by atoms with van der Waals surface area (Å²) in [6.45, 7) is 6.10. The third-order valence-corrected chi connectivity index (χ3v) is 5.66. The molecule has 2 aromatic heterocycles. The molecule has 0 saturated carbocycles. The normalized spacial score (nSPS) is 18.1. The average molecular weight is 364 g/mol. The van der Waals surface area contributed by atoms with E-state index >= 15 is 0 Å². The van der Waals surface area contributed by atoms with Crippen molar-refractivity contribution in [2.45, 2.75) is 38.6 Å². The molecule has 6 heteroatoms. The van der Waals surface area contributed by atoms with E-state index in [1.165, 1.54) is 24.9 Å². The molecule has 27 heavy (non-hydrogen) atoms. The number of nitrogens with zero attached hydrogens (tertiary/aromatic N) is 6. The monoisotopic (exact) mass is 364 g/mol. The molecule has 3 aromatic rings. The lowest BCUT2D eigenvalue weighted by molar-refractivity contribution is 0.204. The fourth-order valence-corrected chi connectivity index (χ4v) is 3.99. The van der Waals surface area contributed by atoms with E-state index in [1.807, 2.05) is 19.3 Å². The van der Waals surface area contributed by atoms with E-state index in [9.17, 15) is 0 Å². The van der Waals surface area contributed by atoms with Crippen molar-refractivity contribution in [3.8, 4) is 0 Å². The van der Waals surface area contributed by atoms with Gasteiger partial charge in [0.05, 0.1) is 6.54 Å². The van der Waals surface area contributed by atoms with Gasteiger partial charge >= 0.3 is 0 Å². The smallest absolute Gasteiger partial charge is 0.152 e. The molecule has 142 valence electrons. The van der Waals surface area contributed by atoms with Gasteiger partial charge in [0, 0.05) is 38.4 Å². The van der Waals surface area contributed by atoms with Crippen molar-refractivity contribution in [2.24, 2.45) is 7.05 Å². The third-order valence-electron chi connectivity index (χ3n) is 5.66. The predicted octanol–water partition coefficient (Wildman–Crippen LogP) is 2.79. The molecule has 0 N–H and O–H groups in total. The largest absolute Gasteiger partial charge is 0.328 e. The summed E-state index contributed by atoms with van der Waals surface area (Å²) in [5, 5.41) is 9.03. The minimum absolute atomic E-state index is 0.463. The van der Waals surface area contributed by atoms with Gasteiger partial charge in [0.15, 0.2) is 5.82 Å². The van der Waals surface area contributed by atoms with Crippen molar-refractivity contribution in [3.63, 3.8) is 0 Å². The van der Waals surface area contributed by atoms with Gasteiger partial charge in [-0.2, -0.15) is 0 Å². The first kappa shape index (κ1) is 17.9. The number of aromatic nitrogens is 5. The Bertz CT molecular complexity index is 866. The molecule has 0 radical (unpaired) electrons. The summed E-state index contributed by atoms with van der Waals surface area (Å²) in [6, 6.07) is 10.8. The lowest BCUT2D eigenvalue weighted by atomic mass is 9.96. The first-order valence-corrected chi connectivity index (χ1v) is 9.83.